The Morgan fingerprint density at radius 2 is 1.97 bits per heavy atom. The lowest BCUT2D eigenvalue weighted by Gasteiger charge is -2.24. The number of aryl methyl sites for hydroxylation is 1. The van der Waals surface area contributed by atoms with Crippen LogP contribution in [0.2, 0.25) is 0 Å². The van der Waals surface area contributed by atoms with Crippen molar-refractivity contribution >= 4 is 44.9 Å². The van der Waals surface area contributed by atoms with E-state index < -0.39 is 0 Å². The molecule has 0 aliphatic heterocycles. The van der Waals surface area contributed by atoms with Crippen molar-refractivity contribution in [3.05, 3.63) is 65.9 Å². The SMILES string of the molecule is Cc1ccc(-c2nccc3[nH]c(-c4n[nH]c5ccc(-c6cncc(NC(=O)C7CCC7)c6)nc45)cc23)s1. The predicted molar refractivity (Wildman–Crippen MR) is 146 cm³/mol. The van der Waals surface area contributed by atoms with Gasteiger partial charge in [0.15, 0.2) is 0 Å². The molecular formula is C28H23N7OS. The first-order chi connectivity index (χ1) is 18.1. The van der Waals surface area contributed by atoms with Gasteiger partial charge >= 0.3 is 0 Å². The Hall–Kier alpha value is -4.37. The normalized spacial score (nSPS) is 13.8. The highest BCUT2D eigenvalue weighted by atomic mass is 32.1. The second kappa shape index (κ2) is 8.63. The Balaban J connectivity index is 1.26. The van der Waals surface area contributed by atoms with Crippen LogP contribution in [0.25, 0.3) is 55.2 Å². The molecule has 9 heteroatoms. The molecular weight excluding hydrogens is 482 g/mol. The zero-order valence-electron chi connectivity index (χ0n) is 20.1. The molecule has 0 spiro atoms. The van der Waals surface area contributed by atoms with Crippen molar-refractivity contribution in [2.75, 3.05) is 5.32 Å². The topological polar surface area (TPSA) is 112 Å². The Kier molecular flexibility index (Phi) is 5.10. The van der Waals surface area contributed by atoms with Crippen LogP contribution in [0.15, 0.2) is 61.1 Å². The Morgan fingerprint density at radius 3 is 2.78 bits per heavy atom. The summed E-state index contributed by atoms with van der Waals surface area (Å²) in [7, 11) is 0. The van der Waals surface area contributed by atoms with Crippen molar-refractivity contribution in [1.29, 1.82) is 0 Å². The van der Waals surface area contributed by atoms with Gasteiger partial charge in [0, 0.05) is 39.7 Å². The van der Waals surface area contributed by atoms with Crippen molar-refractivity contribution in [2.24, 2.45) is 5.92 Å². The average molecular weight is 506 g/mol. The smallest absolute Gasteiger partial charge is 0.227 e. The first kappa shape index (κ1) is 21.9. The summed E-state index contributed by atoms with van der Waals surface area (Å²) in [6.07, 6.45) is 8.30. The predicted octanol–water partition coefficient (Wildman–Crippen LogP) is 6.34. The average Bonchev–Trinajstić information content (AvgIpc) is 3.60. The number of rotatable bonds is 5. The molecule has 7 rings (SSSR count). The van der Waals surface area contributed by atoms with E-state index in [1.807, 2.05) is 30.5 Å². The molecule has 6 aromatic heterocycles. The van der Waals surface area contributed by atoms with Gasteiger partial charge < -0.3 is 10.3 Å². The summed E-state index contributed by atoms with van der Waals surface area (Å²) in [4.78, 5) is 32.2. The number of carbonyl (C=O) groups excluding carboxylic acids is 1. The highest BCUT2D eigenvalue weighted by Crippen LogP contribution is 2.35. The summed E-state index contributed by atoms with van der Waals surface area (Å²) >= 11 is 1.73. The van der Waals surface area contributed by atoms with Crippen molar-refractivity contribution < 1.29 is 4.79 Å². The second-order valence-corrected chi connectivity index (χ2v) is 10.7. The van der Waals surface area contributed by atoms with Gasteiger partial charge in [-0.05, 0) is 62.2 Å². The molecule has 1 aliphatic rings. The highest BCUT2D eigenvalue weighted by molar-refractivity contribution is 7.15. The van der Waals surface area contributed by atoms with Gasteiger partial charge in [-0.3, -0.25) is 19.9 Å². The van der Waals surface area contributed by atoms with Crippen LogP contribution < -0.4 is 5.32 Å². The Labute approximate surface area is 216 Å². The van der Waals surface area contributed by atoms with Crippen LogP contribution in [-0.2, 0) is 4.79 Å². The van der Waals surface area contributed by atoms with Gasteiger partial charge in [-0.25, -0.2) is 4.98 Å². The largest absolute Gasteiger partial charge is 0.353 e. The number of pyridine rings is 3. The number of nitrogens with zero attached hydrogens (tertiary/aromatic N) is 4. The molecule has 182 valence electrons. The van der Waals surface area contributed by atoms with E-state index in [9.17, 15) is 4.79 Å². The zero-order chi connectivity index (χ0) is 24.9. The third-order valence-corrected chi connectivity index (χ3v) is 7.97. The number of aromatic nitrogens is 6. The van der Waals surface area contributed by atoms with Crippen LogP contribution in [-0.4, -0.2) is 36.0 Å². The lowest BCUT2D eigenvalue weighted by atomic mass is 9.85. The van der Waals surface area contributed by atoms with Crippen LogP contribution in [0.3, 0.4) is 0 Å². The van der Waals surface area contributed by atoms with Crippen LogP contribution >= 0.6 is 11.3 Å². The number of carbonyl (C=O) groups is 1. The maximum Gasteiger partial charge on any atom is 0.227 e. The number of nitrogens with one attached hydrogen (secondary N) is 3. The van der Waals surface area contributed by atoms with Gasteiger partial charge in [0.2, 0.25) is 5.91 Å². The first-order valence-electron chi connectivity index (χ1n) is 12.3. The first-order valence-corrected chi connectivity index (χ1v) is 13.1. The fraction of sp³-hybridized carbons (Fsp3) is 0.179. The zero-order valence-corrected chi connectivity index (χ0v) is 20.9. The summed E-state index contributed by atoms with van der Waals surface area (Å²) in [5, 5.41) is 11.7. The summed E-state index contributed by atoms with van der Waals surface area (Å²) in [6.45, 7) is 2.10. The van der Waals surface area contributed by atoms with Crippen molar-refractivity contribution in [1.82, 2.24) is 30.1 Å². The molecule has 0 bridgehead atoms. The molecule has 0 atom stereocenters. The van der Waals surface area contributed by atoms with Crippen LogP contribution in [0, 0.1) is 12.8 Å². The third-order valence-electron chi connectivity index (χ3n) is 6.96. The van der Waals surface area contributed by atoms with Gasteiger partial charge in [-0.1, -0.05) is 6.42 Å². The van der Waals surface area contributed by atoms with Gasteiger partial charge in [0.05, 0.1) is 39.4 Å². The third kappa shape index (κ3) is 3.88. The fourth-order valence-corrected chi connectivity index (χ4v) is 5.63. The van der Waals surface area contributed by atoms with E-state index in [1.54, 1.807) is 23.7 Å². The molecule has 3 N–H and O–H groups in total. The van der Waals surface area contributed by atoms with E-state index in [-0.39, 0.29) is 11.8 Å². The molecule has 8 nitrogen and oxygen atoms in total. The van der Waals surface area contributed by atoms with Gasteiger partial charge in [0.1, 0.15) is 11.2 Å². The molecule has 0 aromatic carbocycles. The molecule has 1 saturated carbocycles. The monoisotopic (exact) mass is 505 g/mol. The standard InChI is InChI=1S/C28H23N7OS/c1-15-5-8-24(37-15)25-19-12-23(32-21(19)9-10-30-25)27-26-22(34-35-27)7-6-20(33-26)17-11-18(14-29-13-17)31-28(36)16-3-2-4-16/h5-14,16,32H,2-4H2,1H3,(H,31,36)(H,34,35). The number of aromatic amines is 2. The molecule has 1 fully saturated rings. The number of thiophene rings is 1. The van der Waals surface area contributed by atoms with E-state index in [0.717, 1.165) is 74.4 Å². The van der Waals surface area contributed by atoms with E-state index >= 15 is 0 Å². The van der Waals surface area contributed by atoms with Crippen molar-refractivity contribution in [2.45, 2.75) is 26.2 Å². The highest BCUT2D eigenvalue weighted by Gasteiger charge is 2.25. The lowest BCUT2D eigenvalue weighted by Crippen LogP contribution is -2.28. The fourth-order valence-electron chi connectivity index (χ4n) is 4.75. The molecule has 37 heavy (non-hydrogen) atoms. The quantitative estimate of drug-likeness (QED) is 0.253. The maximum atomic E-state index is 12.4. The van der Waals surface area contributed by atoms with Gasteiger partial charge in [-0.2, -0.15) is 5.10 Å². The summed E-state index contributed by atoms with van der Waals surface area (Å²) in [6, 6.07) is 14.1. The molecule has 6 heterocycles. The Morgan fingerprint density at radius 1 is 1.05 bits per heavy atom. The number of amides is 1. The van der Waals surface area contributed by atoms with Gasteiger partial charge in [0.25, 0.3) is 0 Å². The van der Waals surface area contributed by atoms with E-state index in [1.165, 1.54) is 4.88 Å². The number of hydrogen-bond donors (Lipinski definition) is 3. The molecule has 1 aliphatic carbocycles. The molecule has 1 amide bonds. The number of fused-ring (bicyclic) bond motifs is 2. The summed E-state index contributed by atoms with van der Waals surface area (Å²) in [5.41, 5.74) is 7.43. The minimum absolute atomic E-state index is 0.0658. The second-order valence-electron chi connectivity index (χ2n) is 9.46. The van der Waals surface area contributed by atoms with E-state index in [0.29, 0.717) is 5.69 Å². The maximum absolute atomic E-state index is 12.4. The number of H-pyrrole nitrogens is 2. The van der Waals surface area contributed by atoms with Crippen LogP contribution in [0.5, 0.6) is 0 Å². The minimum Gasteiger partial charge on any atom is -0.353 e. The van der Waals surface area contributed by atoms with Crippen molar-refractivity contribution in [3.8, 4) is 33.2 Å². The van der Waals surface area contributed by atoms with E-state index in [4.69, 9.17) is 4.98 Å². The van der Waals surface area contributed by atoms with E-state index in [2.05, 4.69) is 55.6 Å². The molecule has 0 unspecified atom stereocenters. The van der Waals surface area contributed by atoms with Crippen LogP contribution in [0.4, 0.5) is 5.69 Å². The molecule has 0 saturated heterocycles. The molecule has 6 aromatic rings. The van der Waals surface area contributed by atoms with Gasteiger partial charge in [-0.15, -0.1) is 11.3 Å². The van der Waals surface area contributed by atoms with Crippen molar-refractivity contribution in [3.63, 3.8) is 0 Å². The van der Waals surface area contributed by atoms with Crippen LogP contribution in [0.1, 0.15) is 24.1 Å². The lowest BCUT2D eigenvalue weighted by molar-refractivity contribution is -0.122. The minimum atomic E-state index is 0.0658. The summed E-state index contributed by atoms with van der Waals surface area (Å²) in [5.74, 6) is 0.179. The number of anilines is 1. The molecule has 0 radical (unpaired) electrons. The Bertz CT molecular complexity index is 1790. The summed E-state index contributed by atoms with van der Waals surface area (Å²) < 4.78 is 0. The number of hydrogen-bond acceptors (Lipinski definition) is 6.